The summed E-state index contributed by atoms with van der Waals surface area (Å²) < 4.78 is 0. The summed E-state index contributed by atoms with van der Waals surface area (Å²) in [6.07, 6.45) is 2.63. The van der Waals surface area contributed by atoms with Crippen molar-refractivity contribution in [3.05, 3.63) is 0 Å². The molecule has 0 amide bonds. The Morgan fingerprint density at radius 3 is 2.60 bits per heavy atom. The van der Waals surface area contributed by atoms with E-state index in [1.54, 1.807) is 6.92 Å². The van der Waals surface area contributed by atoms with Gasteiger partial charge in [-0.25, -0.2) is 0 Å². The molecule has 1 unspecified atom stereocenters. The van der Waals surface area contributed by atoms with Crippen LogP contribution in [0.4, 0.5) is 0 Å². The molecule has 0 saturated carbocycles. The zero-order valence-electron chi connectivity index (χ0n) is 9.78. The lowest BCUT2D eigenvalue weighted by Crippen LogP contribution is -2.35. The first kappa shape index (κ1) is 12.5. The molecule has 0 aromatic carbocycles. The summed E-state index contributed by atoms with van der Waals surface area (Å²) in [5, 5.41) is 8.77. The predicted molar refractivity (Wildman–Crippen MR) is 60.0 cm³/mol. The minimum Gasteiger partial charge on any atom is -0.481 e. The first-order valence-electron chi connectivity index (χ1n) is 5.73. The molecular formula is C11H22N2O2. The van der Waals surface area contributed by atoms with Crippen LogP contribution in [0.3, 0.4) is 0 Å². The van der Waals surface area contributed by atoms with Crippen molar-refractivity contribution >= 4 is 5.97 Å². The summed E-state index contributed by atoms with van der Waals surface area (Å²) in [5.41, 5.74) is 0. The fraction of sp³-hybridized carbons (Fsp3) is 0.909. The Bertz CT molecular complexity index is 203. The number of carboxylic acid groups (broad SMARTS) is 1. The number of carbonyl (C=O) groups is 1. The molecule has 0 bridgehead atoms. The number of likely N-dealkylation sites (N-methyl/N-ethyl adjacent to an activating group) is 1. The molecule has 1 rings (SSSR count). The van der Waals surface area contributed by atoms with Crippen molar-refractivity contribution in [3.8, 4) is 0 Å². The van der Waals surface area contributed by atoms with Gasteiger partial charge in [-0.05, 0) is 33.0 Å². The first-order valence-corrected chi connectivity index (χ1v) is 5.73. The lowest BCUT2D eigenvalue weighted by atomic mass is 10.2. The maximum atomic E-state index is 10.7. The Morgan fingerprint density at radius 2 is 2.07 bits per heavy atom. The van der Waals surface area contributed by atoms with Crippen LogP contribution in [-0.2, 0) is 4.79 Å². The number of nitrogens with zero attached hydrogens (tertiary/aromatic N) is 2. The Balaban J connectivity index is 2.12. The zero-order valence-corrected chi connectivity index (χ0v) is 9.78. The molecule has 0 aromatic heterocycles. The number of carboxylic acids is 1. The van der Waals surface area contributed by atoms with Gasteiger partial charge >= 0.3 is 5.97 Å². The minimum atomic E-state index is -0.706. The maximum absolute atomic E-state index is 10.7. The van der Waals surface area contributed by atoms with Crippen LogP contribution >= 0.6 is 0 Å². The van der Waals surface area contributed by atoms with Gasteiger partial charge in [-0.2, -0.15) is 0 Å². The Kier molecular flexibility index (Phi) is 5.05. The van der Waals surface area contributed by atoms with Crippen LogP contribution < -0.4 is 0 Å². The number of likely N-dealkylation sites (tertiary alicyclic amines) is 1. The van der Waals surface area contributed by atoms with Crippen LogP contribution in [0.25, 0.3) is 0 Å². The molecule has 15 heavy (non-hydrogen) atoms. The Morgan fingerprint density at radius 1 is 1.47 bits per heavy atom. The van der Waals surface area contributed by atoms with Crippen molar-refractivity contribution < 1.29 is 9.90 Å². The number of hydrogen-bond donors (Lipinski definition) is 1. The van der Waals surface area contributed by atoms with Crippen LogP contribution in [0.2, 0.25) is 0 Å². The summed E-state index contributed by atoms with van der Waals surface area (Å²) in [6, 6.07) is 0. The Labute approximate surface area is 91.9 Å². The fourth-order valence-electron chi connectivity index (χ4n) is 1.96. The third-order valence-electron chi connectivity index (χ3n) is 3.00. The molecular weight excluding hydrogens is 192 g/mol. The van der Waals surface area contributed by atoms with Crippen molar-refractivity contribution in [2.45, 2.75) is 19.8 Å². The van der Waals surface area contributed by atoms with Crippen molar-refractivity contribution in [1.82, 2.24) is 9.80 Å². The van der Waals surface area contributed by atoms with E-state index in [-0.39, 0.29) is 5.92 Å². The molecule has 4 nitrogen and oxygen atoms in total. The lowest BCUT2D eigenvalue weighted by Gasteiger charge is -2.22. The normalized spacial score (nSPS) is 19.7. The highest BCUT2D eigenvalue weighted by molar-refractivity contribution is 5.69. The second-order valence-electron chi connectivity index (χ2n) is 4.55. The van der Waals surface area contributed by atoms with Crippen LogP contribution in [0.1, 0.15) is 19.8 Å². The van der Waals surface area contributed by atoms with E-state index in [1.165, 1.54) is 25.9 Å². The van der Waals surface area contributed by atoms with Gasteiger partial charge in [-0.15, -0.1) is 0 Å². The van der Waals surface area contributed by atoms with Crippen LogP contribution in [0.5, 0.6) is 0 Å². The standard InChI is InChI=1S/C11H22N2O2/c1-10(11(14)15)9-12(2)7-8-13-5-3-4-6-13/h10H,3-9H2,1-2H3,(H,14,15). The molecule has 1 N–H and O–H groups in total. The van der Waals surface area contributed by atoms with Crippen LogP contribution in [0.15, 0.2) is 0 Å². The SMILES string of the molecule is CC(CN(C)CCN1CCCC1)C(=O)O. The van der Waals surface area contributed by atoms with E-state index >= 15 is 0 Å². The second kappa shape index (κ2) is 6.08. The summed E-state index contributed by atoms with van der Waals surface area (Å²) in [7, 11) is 2.00. The van der Waals surface area contributed by atoms with E-state index in [2.05, 4.69) is 9.80 Å². The summed E-state index contributed by atoms with van der Waals surface area (Å²) >= 11 is 0. The predicted octanol–water partition coefficient (Wildman–Crippen LogP) is 0.735. The fourth-order valence-corrected chi connectivity index (χ4v) is 1.96. The van der Waals surface area contributed by atoms with E-state index < -0.39 is 5.97 Å². The largest absolute Gasteiger partial charge is 0.481 e. The molecule has 0 aromatic rings. The van der Waals surface area contributed by atoms with Gasteiger partial charge in [0.25, 0.3) is 0 Å². The van der Waals surface area contributed by atoms with Gasteiger partial charge in [0, 0.05) is 19.6 Å². The highest BCUT2D eigenvalue weighted by atomic mass is 16.4. The molecule has 88 valence electrons. The molecule has 0 spiro atoms. The van der Waals surface area contributed by atoms with E-state index in [4.69, 9.17) is 5.11 Å². The topological polar surface area (TPSA) is 43.8 Å². The summed E-state index contributed by atoms with van der Waals surface area (Å²) in [4.78, 5) is 15.2. The van der Waals surface area contributed by atoms with Gasteiger partial charge in [0.1, 0.15) is 0 Å². The van der Waals surface area contributed by atoms with Gasteiger partial charge in [-0.3, -0.25) is 4.79 Å². The molecule has 1 heterocycles. The van der Waals surface area contributed by atoms with E-state index in [0.717, 1.165) is 13.1 Å². The molecule has 1 saturated heterocycles. The van der Waals surface area contributed by atoms with Gasteiger partial charge in [-0.1, -0.05) is 6.92 Å². The molecule has 1 fully saturated rings. The lowest BCUT2D eigenvalue weighted by molar-refractivity contribution is -0.141. The number of rotatable bonds is 6. The van der Waals surface area contributed by atoms with Crippen molar-refractivity contribution in [1.29, 1.82) is 0 Å². The third kappa shape index (κ3) is 4.62. The molecule has 0 radical (unpaired) electrons. The Hall–Kier alpha value is -0.610. The van der Waals surface area contributed by atoms with E-state index in [0.29, 0.717) is 6.54 Å². The zero-order chi connectivity index (χ0) is 11.3. The highest BCUT2D eigenvalue weighted by Crippen LogP contribution is 2.06. The molecule has 1 atom stereocenters. The van der Waals surface area contributed by atoms with Crippen molar-refractivity contribution in [2.24, 2.45) is 5.92 Å². The van der Waals surface area contributed by atoms with Crippen molar-refractivity contribution in [3.63, 3.8) is 0 Å². The average Bonchev–Trinajstić information content (AvgIpc) is 2.66. The number of hydrogen-bond acceptors (Lipinski definition) is 3. The van der Waals surface area contributed by atoms with Gasteiger partial charge in [0.05, 0.1) is 5.92 Å². The van der Waals surface area contributed by atoms with Crippen molar-refractivity contribution in [2.75, 3.05) is 39.8 Å². The summed E-state index contributed by atoms with van der Waals surface area (Å²) in [5.74, 6) is -0.975. The monoisotopic (exact) mass is 214 g/mol. The maximum Gasteiger partial charge on any atom is 0.307 e. The van der Waals surface area contributed by atoms with Gasteiger partial charge in [0.15, 0.2) is 0 Å². The van der Waals surface area contributed by atoms with Crippen LogP contribution in [0, 0.1) is 5.92 Å². The number of aliphatic carboxylic acids is 1. The molecule has 1 aliphatic rings. The molecule has 1 aliphatic heterocycles. The third-order valence-corrected chi connectivity index (χ3v) is 3.00. The first-order chi connectivity index (χ1) is 7.09. The van der Waals surface area contributed by atoms with Gasteiger partial charge < -0.3 is 14.9 Å². The second-order valence-corrected chi connectivity index (χ2v) is 4.55. The highest BCUT2D eigenvalue weighted by Gasteiger charge is 2.15. The summed E-state index contributed by atoms with van der Waals surface area (Å²) in [6.45, 7) is 6.86. The van der Waals surface area contributed by atoms with Gasteiger partial charge in [0.2, 0.25) is 0 Å². The molecule has 4 heteroatoms. The minimum absolute atomic E-state index is 0.270. The van der Waals surface area contributed by atoms with Crippen LogP contribution in [-0.4, -0.2) is 60.6 Å². The van der Waals surface area contributed by atoms with E-state index in [1.807, 2.05) is 7.05 Å². The quantitative estimate of drug-likeness (QED) is 0.708. The smallest absolute Gasteiger partial charge is 0.307 e. The average molecular weight is 214 g/mol. The molecule has 0 aliphatic carbocycles. The van der Waals surface area contributed by atoms with E-state index in [9.17, 15) is 4.79 Å².